The highest BCUT2D eigenvalue weighted by atomic mass is 19.2. The molecule has 3 rings (SSSR count). The highest BCUT2D eigenvalue weighted by Gasteiger charge is 2.11. The molecule has 3 aromatic carbocycles. The first-order chi connectivity index (χ1) is 13.4. The number of carbonyl (C=O) groups excluding carboxylic acids is 2. The number of nitrogens with one attached hydrogen (secondary N) is 2. The van der Waals surface area contributed by atoms with E-state index in [1.54, 1.807) is 18.2 Å². The van der Waals surface area contributed by atoms with Gasteiger partial charge in [-0.1, -0.05) is 18.2 Å². The molecule has 0 fully saturated rings. The monoisotopic (exact) mass is 384 g/mol. The van der Waals surface area contributed by atoms with E-state index in [9.17, 15) is 22.8 Å². The van der Waals surface area contributed by atoms with Gasteiger partial charge in [-0.05, 0) is 42.5 Å². The number of anilines is 1. The van der Waals surface area contributed by atoms with E-state index < -0.39 is 29.3 Å². The van der Waals surface area contributed by atoms with Crippen LogP contribution in [0.3, 0.4) is 0 Å². The maximum absolute atomic E-state index is 13.6. The highest BCUT2D eigenvalue weighted by Crippen LogP contribution is 2.15. The molecule has 0 bridgehead atoms. The number of hydrogen-bond donors (Lipinski definition) is 2. The Balaban J connectivity index is 1.62. The van der Waals surface area contributed by atoms with Gasteiger partial charge in [0, 0.05) is 35.0 Å². The number of halogens is 3. The average Bonchev–Trinajstić information content (AvgIpc) is 2.70. The molecule has 0 unspecified atom stereocenters. The molecule has 0 aliphatic carbocycles. The van der Waals surface area contributed by atoms with E-state index in [1.165, 1.54) is 36.4 Å². The second-order valence-corrected chi connectivity index (χ2v) is 5.93. The van der Waals surface area contributed by atoms with Crippen LogP contribution in [0, 0.1) is 17.5 Å². The average molecular weight is 384 g/mol. The van der Waals surface area contributed by atoms with Gasteiger partial charge in [-0.15, -0.1) is 0 Å². The second-order valence-electron chi connectivity index (χ2n) is 5.93. The van der Waals surface area contributed by atoms with E-state index >= 15 is 0 Å². The minimum Gasteiger partial charge on any atom is -0.348 e. The molecule has 0 saturated carbocycles. The Morgan fingerprint density at radius 1 is 0.714 bits per heavy atom. The van der Waals surface area contributed by atoms with Crippen LogP contribution in [0.1, 0.15) is 26.3 Å². The summed E-state index contributed by atoms with van der Waals surface area (Å²) >= 11 is 0. The van der Waals surface area contributed by atoms with Crippen molar-refractivity contribution in [3.63, 3.8) is 0 Å². The van der Waals surface area contributed by atoms with E-state index in [0.29, 0.717) is 11.1 Å². The Labute approximate surface area is 159 Å². The fourth-order valence-electron chi connectivity index (χ4n) is 2.47. The van der Waals surface area contributed by atoms with Crippen LogP contribution in [-0.4, -0.2) is 11.8 Å². The van der Waals surface area contributed by atoms with Crippen molar-refractivity contribution < 1.29 is 22.8 Å². The van der Waals surface area contributed by atoms with Gasteiger partial charge in [0.1, 0.15) is 5.82 Å². The van der Waals surface area contributed by atoms with Crippen molar-refractivity contribution in [1.29, 1.82) is 0 Å². The fourth-order valence-corrected chi connectivity index (χ4v) is 2.47. The summed E-state index contributed by atoms with van der Waals surface area (Å²) in [6.45, 7) is 0.0316. The van der Waals surface area contributed by atoms with Gasteiger partial charge in [0.2, 0.25) is 0 Å². The summed E-state index contributed by atoms with van der Waals surface area (Å²) in [4.78, 5) is 24.3. The van der Waals surface area contributed by atoms with Crippen LogP contribution in [0.2, 0.25) is 0 Å². The summed E-state index contributed by atoms with van der Waals surface area (Å²) in [5, 5.41) is 5.04. The third kappa shape index (κ3) is 4.56. The van der Waals surface area contributed by atoms with Crippen LogP contribution < -0.4 is 10.6 Å². The Hall–Kier alpha value is -3.61. The summed E-state index contributed by atoms with van der Waals surface area (Å²) < 4.78 is 39.7. The lowest BCUT2D eigenvalue weighted by Crippen LogP contribution is -2.23. The minimum absolute atomic E-state index is 0.0316. The molecule has 28 heavy (non-hydrogen) atoms. The molecule has 0 heterocycles. The van der Waals surface area contributed by atoms with Gasteiger partial charge in [-0.25, -0.2) is 13.2 Å². The highest BCUT2D eigenvalue weighted by molar-refractivity contribution is 6.05. The Morgan fingerprint density at radius 3 is 2.00 bits per heavy atom. The fraction of sp³-hybridized carbons (Fsp3) is 0.0476. The third-order valence-corrected chi connectivity index (χ3v) is 3.98. The Kier molecular flexibility index (Phi) is 5.74. The largest absolute Gasteiger partial charge is 0.348 e. The number of rotatable bonds is 5. The van der Waals surface area contributed by atoms with Gasteiger partial charge < -0.3 is 10.6 Å². The number of amides is 2. The van der Waals surface area contributed by atoms with Crippen LogP contribution in [0.25, 0.3) is 0 Å². The van der Waals surface area contributed by atoms with E-state index in [2.05, 4.69) is 10.6 Å². The smallest absolute Gasteiger partial charge is 0.255 e. The van der Waals surface area contributed by atoms with E-state index in [-0.39, 0.29) is 17.8 Å². The van der Waals surface area contributed by atoms with Crippen LogP contribution in [0.5, 0.6) is 0 Å². The van der Waals surface area contributed by atoms with Gasteiger partial charge in [0.15, 0.2) is 11.6 Å². The lowest BCUT2D eigenvalue weighted by Gasteiger charge is -2.08. The summed E-state index contributed by atoms with van der Waals surface area (Å²) in [5.41, 5.74) is 0.991. The van der Waals surface area contributed by atoms with Gasteiger partial charge >= 0.3 is 0 Å². The molecule has 0 aliphatic rings. The molecule has 0 atom stereocenters. The van der Waals surface area contributed by atoms with E-state index in [0.717, 1.165) is 12.1 Å². The zero-order chi connectivity index (χ0) is 20.1. The zero-order valence-electron chi connectivity index (χ0n) is 14.5. The quantitative estimate of drug-likeness (QED) is 0.690. The summed E-state index contributed by atoms with van der Waals surface area (Å²) in [5.74, 6) is -3.45. The van der Waals surface area contributed by atoms with Crippen molar-refractivity contribution in [2.75, 3.05) is 5.32 Å². The normalized spacial score (nSPS) is 10.4. The minimum atomic E-state index is -1.07. The lowest BCUT2D eigenvalue weighted by atomic mass is 10.1. The lowest BCUT2D eigenvalue weighted by molar-refractivity contribution is 0.0948. The molecule has 0 aliphatic heterocycles. The summed E-state index contributed by atoms with van der Waals surface area (Å²) in [6, 6.07) is 14.9. The summed E-state index contributed by atoms with van der Waals surface area (Å²) in [6.07, 6.45) is 0. The number of carbonyl (C=O) groups is 2. The molecule has 0 spiro atoms. The van der Waals surface area contributed by atoms with Gasteiger partial charge in [-0.2, -0.15) is 0 Å². The molecule has 3 aromatic rings. The number of hydrogen-bond acceptors (Lipinski definition) is 2. The Bertz CT molecular complexity index is 1020. The molecule has 4 nitrogen and oxygen atoms in total. The Morgan fingerprint density at radius 2 is 1.36 bits per heavy atom. The van der Waals surface area contributed by atoms with Crippen LogP contribution in [0.4, 0.5) is 18.9 Å². The van der Waals surface area contributed by atoms with Crippen LogP contribution in [0.15, 0.2) is 66.7 Å². The van der Waals surface area contributed by atoms with Crippen LogP contribution in [-0.2, 0) is 6.54 Å². The topological polar surface area (TPSA) is 58.2 Å². The van der Waals surface area contributed by atoms with Crippen molar-refractivity contribution in [3.05, 3.63) is 101 Å². The predicted octanol–water partition coefficient (Wildman–Crippen LogP) is 4.29. The number of benzene rings is 3. The van der Waals surface area contributed by atoms with Crippen molar-refractivity contribution in [3.8, 4) is 0 Å². The molecule has 0 saturated heterocycles. The van der Waals surface area contributed by atoms with Crippen molar-refractivity contribution in [1.82, 2.24) is 5.32 Å². The van der Waals surface area contributed by atoms with Gasteiger partial charge in [0.05, 0.1) is 0 Å². The van der Waals surface area contributed by atoms with E-state index in [1.807, 2.05) is 0 Å². The van der Waals surface area contributed by atoms with Gasteiger partial charge in [0.25, 0.3) is 11.8 Å². The maximum Gasteiger partial charge on any atom is 0.255 e. The molecule has 0 radical (unpaired) electrons. The molecule has 2 N–H and O–H groups in total. The molecule has 0 aromatic heterocycles. The molecule has 7 heteroatoms. The zero-order valence-corrected chi connectivity index (χ0v) is 14.5. The molecule has 2 amide bonds. The molecule has 142 valence electrons. The molecular weight excluding hydrogens is 369 g/mol. The molecular formula is C21H15F3N2O2. The van der Waals surface area contributed by atoms with Crippen molar-refractivity contribution >= 4 is 17.5 Å². The first kappa shape index (κ1) is 19.2. The first-order valence-electron chi connectivity index (χ1n) is 8.32. The first-order valence-corrected chi connectivity index (χ1v) is 8.32. The third-order valence-electron chi connectivity index (χ3n) is 3.98. The van der Waals surface area contributed by atoms with Crippen molar-refractivity contribution in [2.24, 2.45) is 0 Å². The van der Waals surface area contributed by atoms with Crippen LogP contribution >= 0.6 is 0 Å². The van der Waals surface area contributed by atoms with Crippen molar-refractivity contribution in [2.45, 2.75) is 6.54 Å². The standard InChI is InChI=1S/C21H15F3N2O2/c22-17-4-2-1-3-15(17)12-25-20(27)13-5-7-14(8-6-13)21(28)26-16-9-10-18(23)19(24)11-16/h1-11H,12H2,(H,25,27)(H,26,28). The predicted molar refractivity (Wildman–Crippen MR) is 98.3 cm³/mol. The van der Waals surface area contributed by atoms with E-state index in [4.69, 9.17) is 0 Å². The maximum atomic E-state index is 13.6. The summed E-state index contributed by atoms with van der Waals surface area (Å²) in [7, 11) is 0. The SMILES string of the molecule is O=C(NCc1ccccc1F)c1ccc(C(=O)Nc2ccc(F)c(F)c2)cc1. The second kappa shape index (κ2) is 8.39. The van der Waals surface area contributed by atoms with Gasteiger partial charge in [-0.3, -0.25) is 9.59 Å².